The summed E-state index contributed by atoms with van der Waals surface area (Å²) in [6.07, 6.45) is -20.1. The third-order valence-corrected chi connectivity index (χ3v) is 3.41. The molecule has 16 heteroatoms. The highest BCUT2D eigenvalue weighted by Crippen LogP contribution is 2.65. The van der Waals surface area contributed by atoms with Crippen molar-refractivity contribution in [3.05, 3.63) is 43.1 Å². The molecule has 2 heterocycles. The van der Waals surface area contributed by atoms with Gasteiger partial charge in [0.05, 0.1) is 33.6 Å². The quantitative estimate of drug-likeness (QED) is 0.274. The minimum atomic E-state index is -5.04. The van der Waals surface area contributed by atoms with Crippen LogP contribution in [0, 0.1) is 0 Å². The summed E-state index contributed by atoms with van der Waals surface area (Å²) < 4.78 is 117. The molecule has 0 bridgehead atoms. The minimum Gasteiger partial charge on any atom is -0.247 e. The van der Waals surface area contributed by atoms with Gasteiger partial charge in [-0.25, -0.2) is 9.47 Å². The molecular formula is C10F8N6O2. The Hall–Kier alpha value is -2.80. The zero-order valence-corrected chi connectivity index (χ0v) is 11.5. The Labute approximate surface area is 135 Å². The van der Waals surface area contributed by atoms with Crippen molar-refractivity contribution in [2.24, 2.45) is 10.2 Å². The number of hydrogen-bond acceptors (Lipinski definition) is 4. The molecular weight excluding hydrogens is 388 g/mol. The van der Waals surface area contributed by atoms with Gasteiger partial charge in [0.1, 0.15) is 0 Å². The lowest BCUT2D eigenvalue weighted by molar-refractivity contribution is -0.371. The average Bonchev–Trinajstić information content (AvgIpc) is 2.76. The second-order valence-electron chi connectivity index (χ2n) is 4.85. The first-order chi connectivity index (χ1) is 11.8. The third kappa shape index (κ3) is 2.17. The van der Waals surface area contributed by atoms with Crippen molar-refractivity contribution in [1.82, 2.24) is 0 Å². The number of halogens is 8. The van der Waals surface area contributed by atoms with Crippen LogP contribution in [-0.2, 0) is 33.9 Å². The summed E-state index contributed by atoms with van der Waals surface area (Å²) >= 11 is 0. The lowest BCUT2D eigenvalue weighted by Crippen LogP contribution is -2.19. The molecule has 138 valence electrons. The number of alkyl halides is 8. The molecule has 3 rings (SSSR count). The summed E-state index contributed by atoms with van der Waals surface area (Å²) in [5, 5.41) is 4.87. The Morgan fingerprint density at radius 2 is 0.808 bits per heavy atom. The van der Waals surface area contributed by atoms with Crippen LogP contribution in [0.2, 0.25) is 0 Å². The maximum absolute atomic E-state index is 13.9. The van der Waals surface area contributed by atoms with Gasteiger partial charge in [-0.3, -0.25) is 0 Å². The van der Waals surface area contributed by atoms with E-state index >= 15 is 0 Å². The molecule has 0 unspecified atom stereocenters. The van der Waals surface area contributed by atoms with Gasteiger partial charge in [0.25, 0.3) is 0 Å². The normalized spacial score (nSPS) is 22.8. The van der Waals surface area contributed by atoms with E-state index in [1.807, 2.05) is 9.82 Å². The molecule has 26 heavy (non-hydrogen) atoms. The molecule has 0 aliphatic carbocycles. The molecule has 0 amide bonds. The van der Waals surface area contributed by atoms with E-state index in [4.69, 9.17) is 11.1 Å². The Balaban J connectivity index is 2.67. The number of ether oxygens (including phenoxy) is 2. The van der Waals surface area contributed by atoms with Gasteiger partial charge in [0, 0.05) is 9.82 Å². The molecule has 0 saturated heterocycles. The number of benzene rings is 1. The van der Waals surface area contributed by atoms with Gasteiger partial charge < -0.3 is 0 Å². The second-order valence-corrected chi connectivity index (χ2v) is 4.85. The molecule has 0 spiro atoms. The Morgan fingerprint density at radius 3 is 1.00 bits per heavy atom. The highest BCUT2D eigenvalue weighted by molar-refractivity contribution is 5.75. The van der Waals surface area contributed by atoms with Crippen LogP contribution in [0.5, 0.6) is 0 Å². The molecule has 0 atom stereocenters. The van der Waals surface area contributed by atoms with E-state index in [0.717, 1.165) is 0 Å². The lowest BCUT2D eigenvalue weighted by Gasteiger charge is -2.17. The Bertz CT molecular complexity index is 806. The third-order valence-electron chi connectivity index (χ3n) is 3.41. The van der Waals surface area contributed by atoms with Crippen molar-refractivity contribution < 1.29 is 44.6 Å². The molecule has 1 aromatic rings. The van der Waals surface area contributed by atoms with Crippen LogP contribution in [0.4, 0.5) is 46.5 Å². The molecule has 0 aromatic heterocycles. The monoisotopic (exact) mass is 388 g/mol. The van der Waals surface area contributed by atoms with Crippen molar-refractivity contribution in [2.75, 3.05) is 0 Å². The van der Waals surface area contributed by atoms with Crippen molar-refractivity contribution in [3.8, 4) is 0 Å². The van der Waals surface area contributed by atoms with E-state index in [0.29, 0.717) is 0 Å². The van der Waals surface area contributed by atoms with Crippen LogP contribution in [0.3, 0.4) is 0 Å². The fourth-order valence-corrected chi connectivity index (χ4v) is 2.67. The first-order valence-electron chi connectivity index (χ1n) is 6.08. The maximum atomic E-state index is 13.9. The molecule has 8 nitrogen and oxygen atoms in total. The smallest absolute Gasteiger partial charge is 0.247 e. The lowest BCUT2D eigenvalue weighted by atomic mass is 9.93. The van der Waals surface area contributed by atoms with Gasteiger partial charge in [0.2, 0.25) is 0 Å². The fourth-order valence-electron chi connectivity index (χ4n) is 2.67. The number of hydrogen-bond donors (Lipinski definition) is 0. The van der Waals surface area contributed by atoms with Crippen LogP contribution in [-0.4, -0.2) is 0 Å². The molecule has 1 aromatic carbocycles. The Morgan fingerprint density at radius 1 is 0.577 bits per heavy atom. The predicted octanol–water partition coefficient (Wildman–Crippen LogP) is 5.83. The van der Waals surface area contributed by atoms with Crippen molar-refractivity contribution in [1.29, 1.82) is 0 Å². The van der Waals surface area contributed by atoms with Crippen LogP contribution >= 0.6 is 0 Å². The van der Waals surface area contributed by atoms with Gasteiger partial charge in [-0.2, -0.15) is 35.1 Å². The van der Waals surface area contributed by atoms with E-state index in [-0.39, 0.29) is 0 Å². The summed E-state index contributed by atoms with van der Waals surface area (Å²) in [5.41, 5.74) is 4.33. The maximum Gasteiger partial charge on any atom is 0.389 e. The van der Waals surface area contributed by atoms with E-state index in [2.05, 4.69) is 19.7 Å². The van der Waals surface area contributed by atoms with Gasteiger partial charge in [0.15, 0.2) is 0 Å². The number of nitrogens with zero attached hydrogens (tertiary/aromatic N) is 6. The zero-order valence-electron chi connectivity index (χ0n) is 11.5. The summed E-state index contributed by atoms with van der Waals surface area (Å²) in [5.74, 6) is 0. The van der Waals surface area contributed by atoms with Crippen molar-refractivity contribution in [2.45, 2.75) is 24.4 Å². The van der Waals surface area contributed by atoms with E-state index in [1.165, 1.54) is 0 Å². The fraction of sp³-hybridized carbons (Fsp3) is 0.400. The standard InChI is InChI=1S/C10F8N6O2/c11-7(12)1-2(8(13,14)25-7)6(22-24-20)4-3(5(1)21-23-19)9(15,16)26-10(4,17)18. The summed E-state index contributed by atoms with van der Waals surface area (Å²) in [4.78, 5) is 3.83. The van der Waals surface area contributed by atoms with Gasteiger partial charge in [-0.1, -0.05) is 10.2 Å². The SMILES string of the molecule is [N-]=[N+]=Nc1c2c(c(N=[N+]=[N-])c3c1C(F)(F)OC3(F)F)C(F)(F)OC2(F)F. The van der Waals surface area contributed by atoms with Crippen molar-refractivity contribution >= 4 is 11.4 Å². The second kappa shape index (κ2) is 4.88. The van der Waals surface area contributed by atoms with Crippen LogP contribution < -0.4 is 0 Å². The van der Waals surface area contributed by atoms with Crippen LogP contribution in [0.15, 0.2) is 10.2 Å². The largest absolute Gasteiger partial charge is 0.389 e. The molecule has 0 saturated carbocycles. The number of fused-ring (bicyclic) bond motifs is 2. The van der Waals surface area contributed by atoms with E-state index in [1.54, 1.807) is 0 Å². The molecule has 0 fully saturated rings. The summed E-state index contributed by atoms with van der Waals surface area (Å²) in [7, 11) is 0. The molecule has 2 aliphatic heterocycles. The first kappa shape index (κ1) is 18.0. The molecule has 2 aliphatic rings. The number of azide groups is 2. The van der Waals surface area contributed by atoms with Gasteiger partial charge in [-0.05, 0) is 11.1 Å². The molecule has 0 N–H and O–H groups in total. The first-order valence-corrected chi connectivity index (χ1v) is 6.08. The topological polar surface area (TPSA) is 116 Å². The van der Waals surface area contributed by atoms with E-state index < -0.39 is 58.1 Å². The summed E-state index contributed by atoms with van der Waals surface area (Å²) in [6, 6.07) is 0. The highest BCUT2D eigenvalue weighted by Gasteiger charge is 2.67. The van der Waals surface area contributed by atoms with Crippen molar-refractivity contribution in [3.63, 3.8) is 0 Å². The van der Waals surface area contributed by atoms with Gasteiger partial charge >= 0.3 is 24.4 Å². The van der Waals surface area contributed by atoms with Gasteiger partial charge in [-0.15, -0.1) is 0 Å². The highest BCUT2D eigenvalue weighted by atomic mass is 19.3. The molecule has 0 radical (unpaired) electrons. The number of rotatable bonds is 2. The van der Waals surface area contributed by atoms with E-state index in [9.17, 15) is 35.1 Å². The Kier molecular flexibility index (Phi) is 3.38. The van der Waals surface area contributed by atoms with Crippen LogP contribution in [0.25, 0.3) is 20.9 Å². The predicted molar refractivity (Wildman–Crippen MR) is 61.8 cm³/mol. The average molecular weight is 388 g/mol. The zero-order chi connectivity index (χ0) is 19.7. The minimum absolute atomic E-state index is 1.92. The summed E-state index contributed by atoms with van der Waals surface area (Å²) in [6.45, 7) is 0. The van der Waals surface area contributed by atoms with Crippen LogP contribution in [0.1, 0.15) is 22.3 Å².